The van der Waals surface area contributed by atoms with Gasteiger partial charge in [0.05, 0.1) is 7.11 Å². The van der Waals surface area contributed by atoms with Crippen molar-refractivity contribution in [3.05, 3.63) is 18.2 Å². The Hall–Kier alpha value is -1.29. The van der Waals surface area contributed by atoms with Crippen molar-refractivity contribution in [2.24, 2.45) is 0 Å². The molecule has 0 saturated carbocycles. The van der Waals surface area contributed by atoms with E-state index in [1.54, 1.807) is 7.11 Å². The van der Waals surface area contributed by atoms with Crippen LogP contribution in [0.5, 0.6) is 5.88 Å². The van der Waals surface area contributed by atoms with Gasteiger partial charge in [0.25, 0.3) is 0 Å². The smallest absolute Gasteiger partial charge is 0.214 e. The van der Waals surface area contributed by atoms with Crippen LogP contribution >= 0.6 is 0 Å². The molecule has 1 aromatic heterocycles. The number of rotatable bonds is 2. The van der Waals surface area contributed by atoms with Gasteiger partial charge in [-0.2, -0.15) is 4.98 Å². The van der Waals surface area contributed by atoms with Crippen LogP contribution in [-0.2, 0) is 0 Å². The van der Waals surface area contributed by atoms with E-state index in [0.717, 1.165) is 18.9 Å². The third kappa shape index (κ3) is 2.09. The Labute approximate surface area is 102 Å². The number of anilines is 1. The summed E-state index contributed by atoms with van der Waals surface area (Å²) in [6.07, 6.45) is 2.60. The van der Waals surface area contributed by atoms with E-state index < -0.39 is 0 Å². The van der Waals surface area contributed by atoms with Crippen LogP contribution in [0, 0.1) is 0 Å². The molecule has 1 aromatic rings. The number of hydrogen-bond donors (Lipinski definition) is 0. The predicted molar refractivity (Wildman–Crippen MR) is 67.6 cm³/mol. The lowest BCUT2D eigenvalue weighted by Gasteiger charge is -2.45. The first-order valence-corrected chi connectivity index (χ1v) is 6.37. The minimum Gasteiger partial charge on any atom is -0.481 e. The summed E-state index contributed by atoms with van der Waals surface area (Å²) in [5, 5.41) is 0. The molecule has 0 aromatic carbocycles. The fourth-order valence-electron chi connectivity index (χ4n) is 2.90. The second-order valence-corrected chi connectivity index (χ2v) is 4.83. The largest absolute Gasteiger partial charge is 0.481 e. The SMILES string of the molecule is COc1cccc(N2CCN3CCCC2C3)n1. The molecule has 2 fully saturated rings. The van der Waals surface area contributed by atoms with E-state index >= 15 is 0 Å². The lowest BCUT2D eigenvalue weighted by Crippen LogP contribution is -2.56. The van der Waals surface area contributed by atoms with Crippen LogP contribution in [0.2, 0.25) is 0 Å². The van der Waals surface area contributed by atoms with E-state index in [0.29, 0.717) is 11.9 Å². The topological polar surface area (TPSA) is 28.6 Å². The lowest BCUT2D eigenvalue weighted by atomic mass is 10.0. The number of aromatic nitrogens is 1. The second kappa shape index (κ2) is 4.53. The fourth-order valence-corrected chi connectivity index (χ4v) is 2.90. The van der Waals surface area contributed by atoms with E-state index in [1.165, 1.54) is 25.9 Å². The average Bonchev–Trinajstić information content (AvgIpc) is 2.39. The van der Waals surface area contributed by atoms with Gasteiger partial charge in [-0.05, 0) is 25.5 Å². The van der Waals surface area contributed by atoms with Crippen molar-refractivity contribution in [1.82, 2.24) is 9.88 Å². The number of ether oxygens (including phenoxy) is 1. The molecule has 2 aliphatic rings. The molecule has 0 spiro atoms. The number of nitrogens with zero attached hydrogens (tertiary/aromatic N) is 3. The highest BCUT2D eigenvalue weighted by molar-refractivity contribution is 5.43. The van der Waals surface area contributed by atoms with Crippen molar-refractivity contribution in [1.29, 1.82) is 0 Å². The summed E-state index contributed by atoms with van der Waals surface area (Å²) >= 11 is 0. The van der Waals surface area contributed by atoms with Gasteiger partial charge in [-0.3, -0.25) is 4.90 Å². The Morgan fingerprint density at radius 1 is 1.29 bits per heavy atom. The quantitative estimate of drug-likeness (QED) is 0.771. The molecule has 17 heavy (non-hydrogen) atoms. The van der Waals surface area contributed by atoms with Gasteiger partial charge < -0.3 is 9.64 Å². The molecule has 0 radical (unpaired) electrons. The number of methoxy groups -OCH3 is 1. The van der Waals surface area contributed by atoms with E-state index in [9.17, 15) is 0 Å². The van der Waals surface area contributed by atoms with Crippen LogP contribution < -0.4 is 9.64 Å². The molecule has 2 saturated heterocycles. The maximum absolute atomic E-state index is 5.20. The Kier molecular flexibility index (Phi) is 2.89. The minimum atomic E-state index is 0.636. The van der Waals surface area contributed by atoms with Gasteiger partial charge in [0.1, 0.15) is 5.82 Å². The zero-order valence-electron chi connectivity index (χ0n) is 10.3. The summed E-state index contributed by atoms with van der Waals surface area (Å²) in [6.45, 7) is 4.72. The van der Waals surface area contributed by atoms with E-state index in [-0.39, 0.29) is 0 Å². The number of pyridine rings is 1. The van der Waals surface area contributed by atoms with Crippen molar-refractivity contribution >= 4 is 5.82 Å². The number of piperazine rings is 1. The number of hydrogen-bond acceptors (Lipinski definition) is 4. The highest BCUT2D eigenvalue weighted by atomic mass is 16.5. The summed E-state index contributed by atoms with van der Waals surface area (Å²) in [4.78, 5) is 9.55. The number of piperidine rings is 1. The highest BCUT2D eigenvalue weighted by Crippen LogP contribution is 2.26. The Morgan fingerprint density at radius 2 is 2.24 bits per heavy atom. The summed E-state index contributed by atoms with van der Waals surface area (Å²) in [6, 6.07) is 6.65. The van der Waals surface area contributed by atoms with E-state index in [1.807, 2.05) is 12.1 Å². The normalized spacial score (nSPS) is 27.9. The molecule has 2 bridgehead atoms. The van der Waals surface area contributed by atoms with Crippen LogP contribution in [0.15, 0.2) is 18.2 Å². The second-order valence-electron chi connectivity index (χ2n) is 4.83. The van der Waals surface area contributed by atoms with Gasteiger partial charge in [0.2, 0.25) is 5.88 Å². The zero-order valence-corrected chi connectivity index (χ0v) is 10.3. The molecule has 0 N–H and O–H groups in total. The molecule has 2 aliphatic heterocycles. The summed E-state index contributed by atoms with van der Waals surface area (Å²) < 4.78 is 5.20. The van der Waals surface area contributed by atoms with Gasteiger partial charge in [-0.25, -0.2) is 0 Å². The van der Waals surface area contributed by atoms with Gasteiger partial charge in [0.15, 0.2) is 0 Å². The summed E-state index contributed by atoms with van der Waals surface area (Å²) in [5.74, 6) is 1.77. The zero-order chi connectivity index (χ0) is 11.7. The van der Waals surface area contributed by atoms with Crippen molar-refractivity contribution in [3.8, 4) is 5.88 Å². The third-order valence-corrected chi connectivity index (χ3v) is 3.79. The predicted octanol–water partition coefficient (Wildman–Crippen LogP) is 1.37. The van der Waals surface area contributed by atoms with E-state index in [4.69, 9.17) is 4.74 Å². The number of fused-ring (bicyclic) bond motifs is 2. The highest BCUT2D eigenvalue weighted by Gasteiger charge is 2.30. The Morgan fingerprint density at radius 3 is 3.12 bits per heavy atom. The molecule has 4 nitrogen and oxygen atoms in total. The summed E-state index contributed by atoms with van der Waals surface area (Å²) in [5.41, 5.74) is 0. The van der Waals surface area contributed by atoms with Crippen LogP contribution in [0.4, 0.5) is 5.82 Å². The first-order chi connectivity index (χ1) is 8.36. The summed E-state index contributed by atoms with van der Waals surface area (Å²) in [7, 11) is 1.67. The third-order valence-electron chi connectivity index (χ3n) is 3.79. The van der Waals surface area contributed by atoms with Crippen molar-refractivity contribution < 1.29 is 4.74 Å². The standard InChI is InChI=1S/C13H19N3O/c1-17-13-6-2-5-12(14-13)16-9-8-15-7-3-4-11(16)10-15/h2,5-6,11H,3-4,7-10H2,1H3. The van der Waals surface area contributed by atoms with Gasteiger partial charge >= 0.3 is 0 Å². The van der Waals surface area contributed by atoms with Gasteiger partial charge in [0, 0.05) is 31.7 Å². The molecule has 3 heterocycles. The van der Waals surface area contributed by atoms with Crippen LogP contribution in [0.1, 0.15) is 12.8 Å². The Balaban J connectivity index is 1.82. The Bertz CT molecular complexity index is 396. The van der Waals surface area contributed by atoms with E-state index in [2.05, 4.69) is 20.9 Å². The molecule has 0 aliphatic carbocycles. The van der Waals surface area contributed by atoms with Gasteiger partial charge in [-0.1, -0.05) is 6.07 Å². The van der Waals surface area contributed by atoms with Crippen LogP contribution in [0.25, 0.3) is 0 Å². The first-order valence-electron chi connectivity index (χ1n) is 6.37. The minimum absolute atomic E-state index is 0.636. The van der Waals surface area contributed by atoms with Gasteiger partial charge in [-0.15, -0.1) is 0 Å². The molecule has 2 unspecified atom stereocenters. The van der Waals surface area contributed by atoms with Crippen molar-refractivity contribution in [2.75, 3.05) is 38.2 Å². The average molecular weight is 233 g/mol. The van der Waals surface area contributed by atoms with Crippen LogP contribution in [-0.4, -0.2) is 49.2 Å². The fraction of sp³-hybridized carbons (Fsp3) is 0.615. The van der Waals surface area contributed by atoms with Crippen LogP contribution in [0.3, 0.4) is 0 Å². The van der Waals surface area contributed by atoms with Crippen molar-refractivity contribution in [2.45, 2.75) is 18.9 Å². The molecule has 92 valence electrons. The molecular weight excluding hydrogens is 214 g/mol. The monoisotopic (exact) mass is 233 g/mol. The molecule has 2 atom stereocenters. The molecule has 3 rings (SSSR count). The van der Waals surface area contributed by atoms with Crippen molar-refractivity contribution in [3.63, 3.8) is 0 Å². The molecule has 0 amide bonds. The lowest BCUT2D eigenvalue weighted by molar-refractivity contribution is 0.173. The maximum atomic E-state index is 5.20. The maximum Gasteiger partial charge on any atom is 0.214 e. The molecule has 4 heteroatoms. The first kappa shape index (κ1) is 10.8. The molecular formula is C13H19N3O.